The van der Waals surface area contributed by atoms with Gasteiger partial charge in [0.05, 0.1) is 38.0 Å². The van der Waals surface area contributed by atoms with Gasteiger partial charge in [-0.2, -0.15) is 0 Å². The number of hydrogen-bond donors (Lipinski definition) is 0. The van der Waals surface area contributed by atoms with Gasteiger partial charge >= 0.3 is 0 Å². The van der Waals surface area contributed by atoms with Crippen molar-refractivity contribution >= 4 is 87.9 Å². The molecule has 232 valence electrons. The van der Waals surface area contributed by atoms with Gasteiger partial charge in [-0.25, -0.2) is 9.98 Å². The molecule has 0 saturated carbocycles. The first-order valence-corrected chi connectivity index (χ1v) is 17.6. The molecule has 0 radical (unpaired) electrons. The maximum Gasteiger partial charge on any atom is 0.236 e. The number of rotatable bonds is 3. The molecule has 5 heteroatoms. The number of nitrogens with zero attached hydrogens (tertiary/aromatic N) is 4. The van der Waals surface area contributed by atoms with Gasteiger partial charge in [-0.1, -0.05) is 127 Å². The van der Waals surface area contributed by atoms with Crippen LogP contribution in [0.5, 0.6) is 0 Å². The lowest BCUT2D eigenvalue weighted by atomic mass is 10.1. The first kappa shape index (κ1) is 27.4. The second-order valence-corrected chi connectivity index (χ2v) is 13.8. The lowest BCUT2D eigenvalue weighted by Gasteiger charge is -2.09. The van der Waals surface area contributed by atoms with Gasteiger partial charge in [0.1, 0.15) is 5.70 Å². The fourth-order valence-corrected chi connectivity index (χ4v) is 8.88. The van der Waals surface area contributed by atoms with Gasteiger partial charge in [-0.05, 0) is 35.9 Å². The molecule has 0 aliphatic carbocycles. The Morgan fingerprint density at radius 1 is 0.480 bits per heavy atom. The normalized spacial score (nSPS) is 13.6. The van der Waals surface area contributed by atoms with Crippen molar-refractivity contribution in [3.05, 3.63) is 175 Å². The third kappa shape index (κ3) is 3.93. The Hall–Kier alpha value is -6.52. The minimum Gasteiger partial charge on any atom is -0.307 e. The molecule has 0 bridgehead atoms. The smallest absolute Gasteiger partial charge is 0.236 e. The first-order chi connectivity index (χ1) is 24.8. The van der Waals surface area contributed by atoms with Crippen molar-refractivity contribution in [3.8, 4) is 10.4 Å². The topological polar surface area (TPSA) is 34.1 Å². The number of fused-ring (bicyclic) bond motifs is 9. The average Bonchev–Trinajstić information content (AvgIpc) is 3.88. The van der Waals surface area contributed by atoms with Crippen molar-refractivity contribution < 1.29 is 0 Å². The molecule has 0 unspecified atom stereocenters. The summed E-state index contributed by atoms with van der Waals surface area (Å²) in [5.41, 5.74) is 14.2. The van der Waals surface area contributed by atoms with Crippen LogP contribution in [0.4, 0.5) is 0 Å². The van der Waals surface area contributed by atoms with Crippen LogP contribution in [0.25, 0.3) is 75.4 Å². The highest BCUT2D eigenvalue weighted by molar-refractivity contribution is 7.23. The van der Waals surface area contributed by atoms with E-state index in [-0.39, 0.29) is 0 Å². The number of benzene rings is 6. The van der Waals surface area contributed by atoms with E-state index in [0.717, 1.165) is 33.6 Å². The second kappa shape index (κ2) is 10.5. The first-order valence-electron chi connectivity index (χ1n) is 16.8. The predicted molar refractivity (Wildman–Crippen MR) is 211 cm³/mol. The van der Waals surface area contributed by atoms with Crippen LogP contribution in [0.3, 0.4) is 0 Å². The fourth-order valence-electron chi connectivity index (χ4n) is 7.71. The lowest BCUT2D eigenvalue weighted by molar-refractivity contribution is 1.22. The number of para-hydroxylation sites is 3. The molecule has 4 nitrogen and oxygen atoms in total. The Kier molecular flexibility index (Phi) is 5.75. The molecule has 1 aliphatic heterocycles. The Morgan fingerprint density at radius 2 is 1.14 bits per heavy atom. The zero-order chi connectivity index (χ0) is 32.8. The van der Waals surface area contributed by atoms with Gasteiger partial charge in [0.25, 0.3) is 0 Å². The summed E-state index contributed by atoms with van der Waals surface area (Å²) >= 11 is 1.88. The molecule has 6 aromatic carbocycles. The molecule has 0 N–H and O–H groups in total. The zero-order valence-electron chi connectivity index (χ0n) is 26.7. The summed E-state index contributed by atoms with van der Waals surface area (Å²) in [5, 5.41) is 6.27. The summed E-state index contributed by atoms with van der Waals surface area (Å²) in [5.74, 6) is 0.609. The molecule has 0 atom stereocenters. The van der Waals surface area contributed by atoms with Gasteiger partial charge in [-0.3, -0.25) is 4.57 Å². The Labute approximate surface area is 290 Å². The molecule has 4 aromatic heterocycles. The van der Waals surface area contributed by atoms with E-state index in [0.29, 0.717) is 5.96 Å². The van der Waals surface area contributed by atoms with Crippen molar-refractivity contribution in [2.24, 2.45) is 9.98 Å². The molecule has 0 saturated heterocycles. The molecule has 10 aromatic rings. The molecule has 0 spiro atoms. The minimum atomic E-state index is 0.609. The second-order valence-electron chi connectivity index (χ2n) is 12.7. The van der Waals surface area contributed by atoms with Crippen LogP contribution in [0.15, 0.2) is 173 Å². The minimum absolute atomic E-state index is 0.609. The molecule has 1 aliphatic rings. The molecule has 0 fully saturated rings. The van der Waals surface area contributed by atoms with Crippen LogP contribution in [0.2, 0.25) is 0 Å². The van der Waals surface area contributed by atoms with E-state index in [1.54, 1.807) is 0 Å². The molecular formula is C45H26N4S. The average molecular weight is 655 g/mol. The highest BCUT2D eigenvalue weighted by Crippen LogP contribution is 2.45. The van der Waals surface area contributed by atoms with E-state index in [4.69, 9.17) is 9.98 Å². The summed E-state index contributed by atoms with van der Waals surface area (Å²) in [6.45, 7) is 0. The Balaban J connectivity index is 1.13. The monoisotopic (exact) mass is 654 g/mol. The number of allylic oxidation sites excluding steroid dienone is 1. The number of aliphatic imine (C=N–C) groups is 2. The highest BCUT2D eigenvalue weighted by atomic mass is 32.1. The zero-order valence-corrected chi connectivity index (χ0v) is 27.5. The van der Waals surface area contributed by atoms with Crippen LogP contribution < -0.4 is 0 Å². The van der Waals surface area contributed by atoms with Crippen molar-refractivity contribution in [2.75, 3.05) is 0 Å². The van der Waals surface area contributed by atoms with E-state index in [1.807, 2.05) is 53.8 Å². The van der Waals surface area contributed by atoms with Crippen LogP contribution in [0, 0.1) is 0 Å². The van der Waals surface area contributed by atoms with Gasteiger partial charge in [0.15, 0.2) is 0 Å². The fraction of sp³-hybridized carbons (Fsp3) is 0. The van der Waals surface area contributed by atoms with E-state index >= 15 is 0 Å². The van der Waals surface area contributed by atoms with Crippen LogP contribution >= 0.6 is 11.3 Å². The summed E-state index contributed by atoms with van der Waals surface area (Å²) in [4.78, 5) is 11.7. The van der Waals surface area contributed by atoms with Gasteiger partial charge < -0.3 is 4.40 Å². The quantitative estimate of drug-likeness (QED) is 0.170. The van der Waals surface area contributed by atoms with Crippen LogP contribution in [-0.4, -0.2) is 20.6 Å². The van der Waals surface area contributed by atoms with Crippen LogP contribution in [0.1, 0.15) is 11.1 Å². The van der Waals surface area contributed by atoms with Crippen molar-refractivity contribution in [1.82, 2.24) is 8.97 Å². The Bertz CT molecular complexity index is 3110. The molecule has 50 heavy (non-hydrogen) atoms. The molecule has 11 rings (SSSR count). The molecule has 0 amide bonds. The largest absolute Gasteiger partial charge is 0.307 e. The number of thiophene rings is 1. The van der Waals surface area contributed by atoms with Crippen LogP contribution in [-0.2, 0) is 0 Å². The molecular weight excluding hydrogens is 629 g/mol. The third-order valence-corrected chi connectivity index (χ3v) is 11.2. The lowest BCUT2D eigenvalue weighted by Crippen LogP contribution is -2.12. The van der Waals surface area contributed by atoms with E-state index in [1.165, 1.54) is 58.6 Å². The number of hydrogen-bond acceptors (Lipinski definition) is 3. The predicted octanol–water partition coefficient (Wildman–Crippen LogP) is 11.6. The highest BCUT2D eigenvalue weighted by Gasteiger charge is 2.21. The summed E-state index contributed by atoms with van der Waals surface area (Å²) in [6, 6.07) is 53.7. The maximum atomic E-state index is 5.23. The van der Waals surface area contributed by atoms with Crippen molar-refractivity contribution in [3.63, 3.8) is 0 Å². The summed E-state index contributed by atoms with van der Waals surface area (Å²) in [7, 11) is 0. The van der Waals surface area contributed by atoms with Gasteiger partial charge in [0.2, 0.25) is 5.96 Å². The summed E-state index contributed by atoms with van der Waals surface area (Å²) < 4.78 is 5.99. The standard InChI is InChI=1S/C45H26N4S/c1-3-12-28(13-4-1)36-23-24-37(29-14-5-2-6-15-29)47-45(46-36)49-39-21-10-8-17-32(39)35-26-30(22-25-40(35)49)42-27-41-44(50-42)34-19-11-18-33-31-16-7-9-20-38(31)48(41)43(33)34/h1-23,25-27H. The van der Waals surface area contributed by atoms with E-state index in [9.17, 15) is 0 Å². The van der Waals surface area contributed by atoms with E-state index in [2.05, 4.69) is 130 Å². The summed E-state index contributed by atoms with van der Waals surface area (Å²) in [6.07, 6.45) is 1.95. The van der Waals surface area contributed by atoms with Gasteiger partial charge in [0, 0.05) is 49.0 Å². The molecule has 5 heterocycles. The van der Waals surface area contributed by atoms with Crippen molar-refractivity contribution in [1.29, 1.82) is 0 Å². The maximum absolute atomic E-state index is 5.23. The Morgan fingerprint density at radius 3 is 1.96 bits per heavy atom. The van der Waals surface area contributed by atoms with Crippen molar-refractivity contribution in [2.45, 2.75) is 0 Å². The SMILES string of the molecule is C1=CC(c2ccccc2)=NC(n2c3ccccc3c3cc(-c4cc5c(s4)c4cccc6c7ccccc7n5c64)ccc32)=NC=1c1ccccc1. The van der Waals surface area contributed by atoms with Gasteiger partial charge in [-0.15, -0.1) is 11.3 Å². The third-order valence-electron chi connectivity index (χ3n) is 9.94. The number of aromatic nitrogens is 2. The van der Waals surface area contributed by atoms with E-state index < -0.39 is 0 Å².